The molecule has 10 aromatic carbocycles. The van der Waals surface area contributed by atoms with Crippen LogP contribution >= 0.6 is 0 Å². The lowest BCUT2D eigenvalue weighted by Gasteiger charge is -2.29. The van der Waals surface area contributed by atoms with Crippen LogP contribution in [0.1, 0.15) is 43.0 Å². The highest BCUT2D eigenvalue weighted by Crippen LogP contribution is 2.51. The summed E-state index contributed by atoms with van der Waals surface area (Å²) in [4.78, 5) is 2.44. The quantitative estimate of drug-likeness (QED) is 0.155. The fraction of sp³-hybridized carbons (Fsp3) is 0.0909. The lowest BCUT2D eigenvalue weighted by molar-refractivity contribution is 0.660. The van der Waals surface area contributed by atoms with Gasteiger partial charge in [-0.3, -0.25) is 0 Å². The van der Waals surface area contributed by atoms with Crippen LogP contribution in [0.3, 0.4) is 0 Å². The molecule has 0 saturated carbocycles. The number of nitrogens with zero attached hydrogens (tertiary/aromatic N) is 2. The van der Waals surface area contributed by atoms with Gasteiger partial charge >= 0.3 is 0 Å². The van der Waals surface area contributed by atoms with Crippen LogP contribution < -0.4 is 4.90 Å². The molecular weight excluding hydrogens is 821 g/mol. The average molecular weight is 871 g/mol. The summed E-state index contributed by atoms with van der Waals surface area (Å²) in [5, 5.41) is 5.13. The summed E-state index contributed by atoms with van der Waals surface area (Å²) in [6.07, 6.45) is 5.78. The summed E-state index contributed by atoms with van der Waals surface area (Å²) in [7, 11) is 0. The standard InChI is InChI=1S/C66H50N2/c1-43-24-36-53-47(40-43)30-37-56-52(19-13-20-55(53)56)45-27-34-51(35-28-45)67(63-22-11-8-16-54(63)48-31-38-58-57-17-7-10-21-61(57)66(2,3)62(58)41-48)50-32-25-44(26-33-50)46-29-39-60-59-18-9-12-23-64(59)68(65(60)42-46)49-14-5-4-6-15-49/h4-39,41-43H,40H2,1-3H3. The zero-order valence-corrected chi connectivity index (χ0v) is 38.6. The Morgan fingerprint density at radius 3 is 1.88 bits per heavy atom. The van der Waals surface area contributed by atoms with Gasteiger partial charge in [0.15, 0.2) is 0 Å². The number of aromatic nitrogens is 1. The molecule has 0 fully saturated rings. The fourth-order valence-corrected chi connectivity index (χ4v) is 11.5. The van der Waals surface area contributed by atoms with Crippen molar-refractivity contribution in [2.45, 2.75) is 32.6 Å². The maximum atomic E-state index is 2.44. The van der Waals surface area contributed by atoms with Crippen molar-refractivity contribution in [1.82, 2.24) is 4.57 Å². The number of rotatable bonds is 7. The number of hydrogen-bond acceptors (Lipinski definition) is 1. The van der Waals surface area contributed by atoms with Crippen molar-refractivity contribution >= 4 is 55.7 Å². The van der Waals surface area contributed by atoms with E-state index in [2.05, 4.69) is 261 Å². The van der Waals surface area contributed by atoms with Gasteiger partial charge in [-0.1, -0.05) is 191 Å². The van der Waals surface area contributed by atoms with Gasteiger partial charge < -0.3 is 9.47 Å². The van der Waals surface area contributed by atoms with E-state index in [1.165, 1.54) is 99.3 Å². The highest BCUT2D eigenvalue weighted by atomic mass is 15.1. The maximum Gasteiger partial charge on any atom is 0.0547 e. The van der Waals surface area contributed by atoms with E-state index in [4.69, 9.17) is 0 Å². The van der Waals surface area contributed by atoms with Crippen LogP contribution in [0.25, 0.3) is 88.8 Å². The molecule has 0 radical (unpaired) electrons. The first-order chi connectivity index (χ1) is 33.4. The third kappa shape index (κ3) is 6.39. The molecule has 1 heterocycles. The molecule has 0 N–H and O–H groups in total. The SMILES string of the molecule is CC1C=Cc2c(ccc3c(-c4ccc(N(c5ccc(-c6ccc7c8ccccc8n(-c8ccccc8)c7c6)cc5)c5ccccc5-c5ccc6c(c5)C(C)(C)c5ccccc5-6)cc4)cccc23)C1. The first kappa shape index (κ1) is 40.1. The third-order valence-electron chi connectivity index (χ3n) is 14.9. The topological polar surface area (TPSA) is 8.17 Å². The van der Waals surface area contributed by atoms with E-state index in [-0.39, 0.29) is 5.41 Å². The van der Waals surface area contributed by atoms with Gasteiger partial charge in [-0.15, -0.1) is 0 Å². The summed E-state index contributed by atoms with van der Waals surface area (Å²) in [6, 6.07) is 81.1. The van der Waals surface area contributed by atoms with Crippen LogP contribution in [0.4, 0.5) is 17.1 Å². The molecule has 0 saturated heterocycles. The first-order valence-electron chi connectivity index (χ1n) is 24.1. The second-order valence-electron chi connectivity index (χ2n) is 19.4. The van der Waals surface area contributed by atoms with Gasteiger partial charge in [0.2, 0.25) is 0 Å². The molecule has 1 unspecified atom stereocenters. The van der Waals surface area contributed by atoms with Crippen LogP contribution in [0.5, 0.6) is 0 Å². The molecule has 2 heteroatoms. The Morgan fingerprint density at radius 2 is 1.06 bits per heavy atom. The molecule has 11 aromatic rings. The fourth-order valence-electron chi connectivity index (χ4n) is 11.5. The summed E-state index contributed by atoms with van der Waals surface area (Å²) in [5.74, 6) is 0.565. The smallest absolute Gasteiger partial charge is 0.0547 e. The summed E-state index contributed by atoms with van der Waals surface area (Å²) in [5.41, 5.74) is 22.3. The van der Waals surface area contributed by atoms with Gasteiger partial charge in [-0.2, -0.15) is 0 Å². The normalized spacial score (nSPS) is 14.5. The van der Waals surface area contributed by atoms with E-state index in [0.29, 0.717) is 5.92 Å². The van der Waals surface area contributed by atoms with Crippen LogP contribution in [-0.4, -0.2) is 4.57 Å². The van der Waals surface area contributed by atoms with Crippen molar-refractivity contribution in [3.05, 3.63) is 247 Å². The van der Waals surface area contributed by atoms with E-state index < -0.39 is 0 Å². The lowest BCUT2D eigenvalue weighted by atomic mass is 9.81. The zero-order valence-electron chi connectivity index (χ0n) is 38.6. The third-order valence-corrected chi connectivity index (χ3v) is 14.9. The highest BCUT2D eigenvalue weighted by Gasteiger charge is 2.35. The van der Waals surface area contributed by atoms with Crippen LogP contribution in [0.2, 0.25) is 0 Å². The molecule has 2 aliphatic rings. The lowest BCUT2D eigenvalue weighted by Crippen LogP contribution is -2.15. The zero-order chi connectivity index (χ0) is 45.5. The van der Waals surface area contributed by atoms with E-state index in [9.17, 15) is 0 Å². The summed E-state index contributed by atoms with van der Waals surface area (Å²) in [6.45, 7) is 7.03. The second-order valence-corrected chi connectivity index (χ2v) is 19.4. The molecule has 0 aliphatic heterocycles. The molecule has 0 bridgehead atoms. The van der Waals surface area contributed by atoms with Crippen molar-refractivity contribution in [1.29, 1.82) is 0 Å². The van der Waals surface area contributed by atoms with Gasteiger partial charge in [0, 0.05) is 38.8 Å². The summed E-state index contributed by atoms with van der Waals surface area (Å²) < 4.78 is 2.40. The van der Waals surface area contributed by atoms with Gasteiger partial charge in [-0.25, -0.2) is 0 Å². The maximum absolute atomic E-state index is 2.44. The number of hydrogen-bond donors (Lipinski definition) is 0. The highest BCUT2D eigenvalue weighted by molar-refractivity contribution is 6.10. The van der Waals surface area contributed by atoms with E-state index >= 15 is 0 Å². The molecular formula is C66H50N2. The minimum absolute atomic E-state index is 0.101. The molecule has 1 atom stereocenters. The first-order valence-corrected chi connectivity index (χ1v) is 24.1. The monoisotopic (exact) mass is 870 g/mol. The van der Waals surface area contributed by atoms with Gasteiger partial charge in [-0.05, 0) is 145 Å². The number of fused-ring (bicyclic) bond motifs is 9. The Balaban J connectivity index is 0.933. The number of para-hydroxylation sites is 3. The Morgan fingerprint density at radius 1 is 0.441 bits per heavy atom. The molecule has 13 rings (SSSR count). The van der Waals surface area contributed by atoms with Crippen molar-refractivity contribution in [3.63, 3.8) is 0 Å². The second kappa shape index (κ2) is 15.7. The van der Waals surface area contributed by atoms with Crippen molar-refractivity contribution in [2.75, 3.05) is 4.90 Å². The van der Waals surface area contributed by atoms with Gasteiger partial charge in [0.05, 0.1) is 16.7 Å². The van der Waals surface area contributed by atoms with Gasteiger partial charge in [0.25, 0.3) is 0 Å². The Kier molecular flexibility index (Phi) is 9.27. The number of benzene rings is 10. The molecule has 0 amide bonds. The van der Waals surface area contributed by atoms with Crippen molar-refractivity contribution in [2.24, 2.45) is 5.92 Å². The minimum Gasteiger partial charge on any atom is -0.310 e. The molecule has 1 aromatic heterocycles. The van der Waals surface area contributed by atoms with E-state index in [0.717, 1.165) is 29.2 Å². The average Bonchev–Trinajstić information content (AvgIpc) is 3.84. The molecule has 0 spiro atoms. The molecule has 324 valence electrons. The molecule has 2 nitrogen and oxygen atoms in total. The van der Waals surface area contributed by atoms with Crippen molar-refractivity contribution < 1.29 is 0 Å². The molecule has 68 heavy (non-hydrogen) atoms. The predicted molar refractivity (Wildman–Crippen MR) is 289 cm³/mol. The number of allylic oxidation sites excluding steroid dienone is 1. The van der Waals surface area contributed by atoms with Crippen LogP contribution in [0, 0.1) is 5.92 Å². The minimum atomic E-state index is -0.101. The van der Waals surface area contributed by atoms with Crippen LogP contribution in [0.15, 0.2) is 224 Å². The van der Waals surface area contributed by atoms with Crippen LogP contribution in [-0.2, 0) is 11.8 Å². The van der Waals surface area contributed by atoms with E-state index in [1.54, 1.807) is 0 Å². The summed E-state index contributed by atoms with van der Waals surface area (Å²) >= 11 is 0. The van der Waals surface area contributed by atoms with E-state index in [1.807, 2.05) is 0 Å². The predicted octanol–water partition coefficient (Wildman–Crippen LogP) is 17.9. The molecule has 2 aliphatic carbocycles. The van der Waals surface area contributed by atoms with Gasteiger partial charge in [0.1, 0.15) is 0 Å². The Labute approximate surface area is 398 Å². The number of anilines is 3. The largest absolute Gasteiger partial charge is 0.310 e. The Bertz CT molecular complexity index is 3790. The van der Waals surface area contributed by atoms with Crippen molar-refractivity contribution in [3.8, 4) is 50.2 Å². The Hall–Kier alpha value is -8.20.